The molecule has 0 fully saturated rings. The highest BCUT2D eigenvalue weighted by Crippen LogP contribution is 2.22. The van der Waals surface area contributed by atoms with E-state index in [1.165, 1.54) is 0 Å². The minimum Gasteiger partial charge on any atom is -0.493 e. The Labute approximate surface area is 120 Å². The summed E-state index contributed by atoms with van der Waals surface area (Å²) in [6.45, 7) is 6.68. The van der Waals surface area contributed by atoms with Gasteiger partial charge in [0.25, 0.3) is 0 Å². The zero-order chi connectivity index (χ0) is 14.5. The van der Waals surface area contributed by atoms with E-state index in [9.17, 15) is 4.79 Å². The molecule has 2 aromatic rings. The molecule has 0 saturated heterocycles. The fraction of sp³-hybridized carbons (Fsp3) is 0.278. The second-order valence-corrected chi connectivity index (χ2v) is 5.05. The van der Waals surface area contributed by atoms with E-state index in [-0.39, 0.29) is 5.78 Å². The summed E-state index contributed by atoms with van der Waals surface area (Å²) in [5.74, 6) is 0.682. The van der Waals surface area contributed by atoms with Crippen molar-refractivity contribution in [3.63, 3.8) is 0 Å². The van der Waals surface area contributed by atoms with Gasteiger partial charge in [0, 0.05) is 5.56 Å². The number of benzene rings is 2. The molecule has 0 aliphatic carbocycles. The van der Waals surface area contributed by atoms with Crippen molar-refractivity contribution < 1.29 is 9.53 Å². The number of ketones is 1. The second kappa shape index (κ2) is 6.38. The van der Waals surface area contributed by atoms with Crippen LogP contribution in [-0.4, -0.2) is 12.4 Å². The van der Waals surface area contributed by atoms with Crippen LogP contribution in [0.3, 0.4) is 0 Å². The summed E-state index contributed by atoms with van der Waals surface area (Å²) in [4.78, 5) is 12.7. The Morgan fingerprint density at radius 3 is 2.35 bits per heavy atom. The number of rotatable bonds is 5. The van der Waals surface area contributed by atoms with Gasteiger partial charge >= 0.3 is 0 Å². The summed E-state index contributed by atoms with van der Waals surface area (Å²) in [5, 5.41) is 0. The van der Waals surface area contributed by atoms with Gasteiger partial charge in [-0.3, -0.25) is 4.79 Å². The van der Waals surface area contributed by atoms with Crippen molar-refractivity contribution in [1.29, 1.82) is 0 Å². The minimum absolute atomic E-state index is 0.0171. The largest absolute Gasteiger partial charge is 0.493 e. The van der Waals surface area contributed by atoms with Crippen molar-refractivity contribution in [2.24, 2.45) is 0 Å². The molecule has 2 rings (SSSR count). The third-order valence-electron chi connectivity index (χ3n) is 3.08. The van der Waals surface area contributed by atoms with Gasteiger partial charge in [0.2, 0.25) is 0 Å². The van der Waals surface area contributed by atoms with E-state index in [1.807, 2.05) is 57.2 Å². The molecular weight excluding hydrogens is 248 g/mol. The van der Waals surface area contributed by atoms with Gasteiger partial charge in [-0.15, -0.1) is 0 Å². The SMILES string of the molecule is CCCOc1ccccc1C(=O)c1cc(C)cc(C)c1. The third kappa shape index (κ3) is 3.27. The van der Waals surface area contributed by atoms with Crippen molar-refractivity contribution in [2.45, 2.75) is 27.2 Å². The Balaban J connectivity index is 2.37. The third-order valence-corrected chi connectivity index (χ3v) is 3.08. The zero-order valence-corrected chi connectivity index (χ0v) is 12.3. The van der Waals surface area contributed by atoms with Crippen LogP contribution in [0.15, 0.2) is 42.5 Å². The first-order valence-corrected chi connectivity index (χ1v) is 6.96. The van der Waals surface area contributed by atoms with Crippen LogP contribution in [-0.2, 0) is 0 Å². The number of carbonyl (C=O) groups is 1. The van der Waals surface area contributed by atoms with Crippen LogP contribution in [0.5, 0.6) is 5.75 Å². The average molecular weight is 268 g/mol. The molecule has 0 amide bonds. The highest BCUT2D eigenvalue weighted by atomic mass is 16.5. The normalized spacial score (nSPS) is 10.3. The number of aryl methyl sites for hydroxylation is 2. The molecule has 0 spiro atoms. The molecule has 0 N–H and O–H groups in total. The molecular formula is C18H20O2. The van der Waals surface area contributed by atoms with Crippen LogP contribution in [0.2, 0.25) is 0 Å². The molecule has 20 heavy (non-hydrogen) atoms. The molecule has 0 unspecified atom stereocenters. The molecule has 0 aliphatic heterocycles. The minimum atomic E-state index is 0.0171. The van der Waals surface area contributed by atoms with E-state index in [0.29, 0.717) is 17.9 Å². The first-order valence-electron chi connectivity index (χ1n) is 6.96. The average Bonchev–Trinajstić information content (AvgIpc) is 2.43. The van der Waals surface area contributed by atoms with E-state index < -0.39 is 0 Å². The number of hydrogen-bond acceptors (Lipinski definition) is 2. The highest BCUT2D eigenvalue weighted by Gasteiger charge is 2.14. The molecule has 104 valence electrons. The molecule has 2 nitrogen and oxygen atoms in total. The first-order chi connectivity index (χ1) is 9.61. The van der Waals surface area contributed by atoms with Crippen molar-refractivity contribution in [3.8, 4) is 5.75 Å². The van der Waals surface area contributed by atoms with Gasteiger partial charge in [-0.25, -0.2) is 0 Å². The lowest BCUT2D eigenvalue weighted by Crippen LogP contribution is -2.06. The number of carbonyl (C=O) groups excluding carboxylic acids is 1. The summed E-state index contributed by atoms with van der Waals surface area (Å²) >= 11 is 0. The molecule has 0 heterocycles. The van der Waals surface area contributed by atoms with Crippen molar-refractivity contribution in [3.05, 3.63) is 64.7 Å². The molecule has 2 heteroatoms. The summed E-state index contributed by atoms with van der Waals surface area (Å²) in [7, 11) is 0. The standard InChI is InChI=1S/C18H20O2/c1-4-9-20-17-8-6-5-7-16(17)18(19)15-11-13(2)10-14(3)12-15/h5-8,10-12H,4,9H2,1-3H3. The van der Waals surface area contributed by atoms with E-state index in [2.05, 4.69) is 6.07 Å². The maximum absolute atomic E-state index is 12.7. The van der Waals surface area contributed by atoms with Crippen LogP contribution in [0.25, 0.3) is 0 Å². The molecule has 0 saturated carbocycles. The summed E-state index contributed by atoms with van der Waals surface area (Å²) in [6, 6.07) is 13.3. The van der Waals surface area contributed by atoms with Gasteiger partial charge in [0.1, 0.15) is 5.75 Å². The van der Waals surface area contributed by atoms with E-state index in [1.54, 1.807) is 0 Å². The maximum atomic E-state index is 12.7. The van der Waals surface area contributed by atoms with Gasteiger partial charge in [-0.1, -0.05) is 36.2 Å². The molecule has 0 bridgehead atoms. The van der Waals surface area contributed by atoms with Crippen molar-refractivity contribution >= 4 is 5.78 Å². The summed E-state index contributed by atoms with van der Waals surface area (Å²) in [6.07, 6.45) is 0.923. The predicted octanol–water partition coefficient (Wildman–Crippen LogP) is 4.32. The molecule has 0 atom stereocenters. The fourth-order valence-corrected chi connectivity index (χ4v) is 2.25. The molecule has 2 aromatic carbocycles. The maximum Gasteiger partial charge on any atom is 0.196 e. The van der Waals surface area contributed by atoms with Gasteiger partial charge in [0.15, 0.2) is 5.78 Å². The van der Waals surface area contributed by atoms with E-state index >= 15 is 0 Å². The Morgan fingerprint density at radius 1 is 1.05 bits per heavy atom. The highest BCUT2D eigenvalue weighted by molar-refractivity contribution is 6.10. The van der Waals surface area contributed by atoms with E-state index in [0.717, 1.165) is 23.1 Å². The van der Waals surface area contributed by atoms with Gasteiger partial charge in [0.05, 0.1) is 12.2 Å². The van der Waals surface area contributed by atoms with Gasteiger partial charge in [-0.2, -0.15) is 0 Å². The monoisotopic (exact) mass is 268 g/mol. The smallest absolute Gasteiger partial charge is 0.196 e. The lowest BCUT2D eigenvalue weighted by molar-refractivity contribution is 0.103. The van der Waals surface area contributed by atoms with Gasteiger partial charge in [-0.05, 0) is 44.5 Å². The van der Waals surface area contributed by atoms with Crippen molar-refractivity contribution in [1.82, 2.24) is 0 Å². The molecule has 0 radical (unpaired) electrons. The quantitative estimate of drug-likeness (QED) is 0.755. The Bertz CT molecular complexity index is 594. The Kier molecular flexibility index (Phi) is 4.57. The van der Waals surface area contributed by atoms with Gasteiger partial charge < -0.3 is 4.74 Å². The lowest BCUT2D eigenvalue weighted by atomic mass is 9.99. The lowest BCUT2D eigenvalue weighted by Gasteiger charge is -2.10. The topological polar surface area (TPSA) is 26.3 Å². The summed E-state index contributed by atoms with van der Waals surface area (Å²) < 4.78 is 5.67. The number of para-hydroxylation sites is 1. The van der Waals surface area contributed by atoms with Crippen LogP contribution in [0, 0.1) is 13.8 Å². The van der Waals surface area contributed by atoms with Crippen LogP contribution in [0.4, 0.5) is 0 Å². The van der Waals surface area contributed by atoms with Crippen LogP contribution >= 0.6 is 0 Å². The van der Waals surface area contributed by atoms with Crippen LogP contribution < -0.4 is 4.74 Å². The predicted molar refractivity (Wildman–Crippen MR) is 81.6 cm³/mol. The summed E-state index contributed by atoms with van der Waals surface area (Å²) in [5.41, 5.74) is 3.54. The number of hydrogen-bond donors (Lipinski definition) is 0. The first kappa shape index (κ1) is 14.3. The second-order valence-electron chi connectivity index (χ2n) is 5.05. The van der Waals surface area contributed by atoms with Crippen LogP contribution in [0.1, 0.15) is 40.4 Å². The van der Waals surface area contributed by atoms with E-state index in [4.69, 9.17) is 4.74 Å². The Hall–Kier alpha value is -2.09. The fourth-order valence-electron chi connectivity index (χ4n) is 2.25. The molecule has 0 aliphatic rings. The molecule has 0 aromatic heterocycles. The zero-order valence-electron chi connectivity index (χ0n) is 12.3. The van der Waals surface area contributed by atoms with Crippen molar-refractivity contribution in [2.75, 3.05) is 6.61 Å². The number of ether oxygens (including phenoxy) is 1. The Morgan fingerprint density at radius 2 is 1.70 bits per heavy atom.